The van der Waals surface area contributed by atoms with Crippen molar-refractivity contribution in [3.63, 3.8) is 0 Å². The third-order valence-corrected chi connectivity index (χ3v) is 9.48. The monoisotopic (exact) mass is 367 g/mol. The summed E-state index contributed by atoms with van der Waals surface area (Å²) in [7, 11) is -5.61. The summed E-state index contributed by atoms with van der Waals surface area (Å²) in [5, 5.41) is 0. The number of benzene rings is 1. The highest BCUT2D eigenvalue weighted by Gasteiger charge is 2.55. The molecule has 2 rings (SSSR count). The average molecular weight is 368 g/mol. The summed E-state index contributed by atoms with van der Waals surface area (Å²) in [6, 6.07) is 6.54. The zero-order valence-corrected chi connectivity index (χ0v) is 17.4. The van der Waals surface area contributed by atoms with E-state index >= 15 is 0 Å². The molecule has 24 heavy (non-hydrogen) atoms. The number of carbonyl (C=O) groups is 1. The Balaban J connectivity index is 2.55. The fourth-order valence-corrected chi connectivity index (χ4v) is 8.42. The number of nitrogens with zero attached hydrogens (tertiary/aromatic N) is 1. The molecule has 0 radical (unpaired) electrons. The minimum Gasteiger partial charge on any atom is -0.274 e. The van der Waals surface area contributed by atoms with Crippen LogP contribution < -0.4 is 0 Å². The first-order valence-corrected chi connectivity index (χ1v) is 13.7. The molecule has 1 aliphatic heterocycles. The Bertz CT molecular complexity index is 707. The van der Waals surface area contributed by atoms with E-state index in [0.717, 1.165) is 12.0 Å². The van der Waals surface area contributed by atoms with Gasteiger partial charge in [-0.05, 0) is 31.4 Å². The van der Waals surface area contributed by atoms with Crippen molar-refractivity contribution in [2.24, 2.45) is 5.92 Å². The maximum Gasteiger partial charge on any atom is 0.266 e. The lowest BCUT2D eigenvalue weighted by Crippen LogP contribution is -2.41. The van der Waals surface area contributed by atoms with E-state index < -0.39 is 18.1 Å². The predicted molar refractivity (Wildman–Crippen MR) is 100 cm³/mol. The largest absolute Gasteiger partial charge is 0.274 e. The van der Waals surface area contributed by atoms with Gasteiger partial charge in [0.2, 0.25) is 5.91 Å². The van der Waals surface area contributed by atoms with Crippen molar-refractivity contribution < 1.29 is 13.2 Å². The molecule has 1 aliphatic rings. The van der Waals surface area contributed by atoms with Gasteiger partial charge in [0.1, 0.15) is 0 Å². The molecule has 4 nitrogen and oxygen atoms in total. The van der Waals surface area contributed by atoms with Crippen LogP contribution in [0.4, 0.5) is 0 Å². The van der Waals surface area contributed by atoms with E-state index in [-0.39, 0.29) is 28.3 Å². The SMILES string of the molecule is CC[C@@H]1[C@H]([Si](C)(C)C)C(=O)N(S(=O)(=O)c2ccc(C)cc2)[C@H]1CC. The molecule has 0 N–H and O–H groups in total. The van der Waals surface area contributed by atoms with Crippen molar-refractivity contribution >= 4 is 24.0 Å². The Kier molecular flexibility index (Phi) is 5.30. The van der Waals surface area contributed by atoms with Gasteiger partial charge in [-0.2, -0.15) is 0 Å². The smallest absolute Gasteiger partial charge is 0.266 e. The van der Waals surface area contributed by atoms with E-state index in [1.165, 1.54) is 4.31 Å². The molecule has 1 amide bonds. The minimum atomic E-state index is -3.80. The first kappa shape index (κ1) is 19.2. The number of sulfonamides is 1. The summed E-state index contributed by atoms with van der Waals surface area (Å²) in [6.45, 7) is 12.4. The minimum absolute atomic E-state index is 0.120. The molecule has 0 aromatic heterocycles. The third kappa shape index (κ3) is 3.18. The number of amides is 1. The van der Waals surface area contributed by atoms with Crippen LogP contribution in [-0.2, 0) is 14.8 Å². The molecule has 1 aromatic carbocycles. The molecule has 0 spiro atoms. The maximum absolute atomic E-state index is 13.2. The van der Waals surface area contributed by atoms with Crippen molar-refractivity contribution in [2.45, 2.75) is 69.7 Å². The topological polar surface area (TPSA) is 54.5 Å². The Labute approximate surface area is 147 Å². The molecular weight excluding hydrogens is 338 g/mol. The van der Waals surface area contributed by atoms with E-state index in [0.29, 0.717) is 6.42 Å². The van der Waals surface area contributed by atoms with Crippen molar-refractivity contribution in [1.29, 1.82) is 0 Å². The zero-order chi connectivity index (χ0) is 18.3. The number of rotatable bonds is 5. The standard InChI is InChI=1S/C18H29NO3SSi/c1-7-15-16(8-2)19(18(20)17(15)24(4,5)6)23(21,22)14-11-9-13(3)10-12-14/h9-12,15-17H,7-8H2,1-6H3/t15-,16-,17-/m0/s1. The Morgan fingerprint density at radius 1 is 1.04 bits per heavy atom. The summed E-state index contributed by atoms with van der Waals surface area (Å²) in [6.07, 6.45) is 1.50. The van der Waals surface area contributed by atoms with Crippen molar-refractivity contribution in [2.75, 3.05) is 0 Å². The highest BCUT2D eigenvalue weighted by molar-refractivity contribution is 7.89. The predicted octanol–water partition coefficient (Wildman–Crippen LogP) is 4.04. The Morgan fingerprint density at radius 2 is 1.58 bits per heavy atom. The van der Waals surface area contributed by atoms with Gasteiger partial charge in [0.05, 0.1) is 19.0 Å². The zero-order valence-electron chi connectivity index (χ0n) is 15.5. The normalized spacial score (nSPS) is 25.3. The lowest BCUT2D eigenvalue weighted by Gasteiger charge is -2.29. The molecule has 1 fully saturated rings. The summed E-state index contributed by atoms with van der Waals surface area (Å²) in [4.78, 5) is 13.4. The van der Waals surface area contributed by atoms with Gasteiger partial charge in [-0.15, -0.1) is 0 Å². The molecule has 1 saturated heterocycles. The molecule has 1 heterocycles. The highest BCUT2D eigenvalue weighted by atomic mass is 32.2. The fourth-order valence-electron chi connectivity index (χ4n) is 3.99. The molecule has 0 unspecified atom stereocenters. The molecule has 6 heteroatoms. The number of carbonyl (C=O) groups excluding carboxylic acids is 1. The Morgan fingerprint density at radius 3 is 2.00 bits per heavy atom. The summed E-state index contributed by atoms with van der Waals surface area (Å²) < 4.78 is 27.6. The lowest BCUT2D eigenvalue weighted by atomic mass is 9.95. The summed E-state index contributed by atoms with van der Waals surface area (Å²) >= 11 is 0. The van der Waals surface area contributed by atoms with Gasteiger partial charge < -0.3 is 0 Å². The van der Waals surface area contributed by atoms with E-state index in [4.69, 9.17) is 0 Å². The molecular formula is C18H29NO3SSi. The van der Waals surface area contributed by atoms with E-state index in [1.54, 1.807) is 24.3 Å². The van der Waals surface area contributed by atoms with Crippen LogP contribution in [0.2, 0.25) is 25.2 Å². The van der Waals surface area contributed by atoms with Crippen LogP contribution in [0.15, 0.2) is 29.2 Å². The van der Waals surface area contributed by atoms with E-state index in [9.17, 15) is 13.2 Å². The van der Waals surface area contributed by atoms with Gasteiger partial charge in [0, 0.05) is 5.54 Å². The first-order chi connectivity index (χ1) is 11.1. The van der Waals surface area contributed by atoms with Crippen molar-refractivity contribution in [3.8, 4) is 0 Å². The molecule has 1 aromatic rings. The van der Waals surface area contributed by atoms with Gasteiger partial charge in [-0.25, -0.2) is 12.7 Å². The van der Waals surface area contributed by atoms with Gasteiger partial charge in [0.25, 0.3) is 10.0 Å². The van der Waals surface area contributed by atoms with Crippen molar-refractivity contribution in [1.82, 2.24) is 4.31 Å². The van der Waals surface area contributed by atoms with Crippen LogP contribution in [0.5, 0.6) is 0 Å². The van der Waals surface area contributed by atoms with Crippen LogP contribution in [0.25, 0.3) is 0 Å². The quantitative estimate of drug-likeness (QED) is 0.738. The van der Waals surface area contributed by atoms with Gasteiger partial charge >= 0.3 is 0 Å². The molecule has 0 saturated carbocycles. The van der Waals surface area contributed by atoms with Gasteiger partial charge in [-0.3, -0.25) is 4.79 Å². The number of aryl methyl sites for hydroxylation is 1. The first-order valence-electron chi connectivity index (χ1n) is 8.70. The second kappa shape index (κ2) is 6.63. The van der Waals surface area contributed by atoms with Crippen LogP contribution in [0, 0.1) is 12.8 Å². The van der Waals surface area contributed by atoms with Crippen LogP contribution in [0.1, 0.15) is 32.3 Å². The van der Waals surface area contributed by atoms with Gasteiger partial charge in [-0.1, -0.05) is 57.6 Å². The van der Waals surface area contributed by atoms with Crippen LogP contribution >= 0.6 is 0 Å². The van der Waals surface area contributed by atoms with Crippen LogP contribution in [-0.4, -0.2) is 32.7 Å². The third-order valence-electron chi connectivity index (χ3n) is 5.11. The molecule has 134 valence electrons. The Hall–Kier alpha value is -1.14. The number of hydrogen-bond acceptors (Lipinski definition) is 3. The highest BCUT2D eigenvalue weighted by Crippen LogP contribution is 2.46. The van der Waals surface area contributed by atoms with Crippen LogP contribution in [0.3, 0.4) is 0 Å². The van der Waals surface area contributed by atoms with E-state index in [1.807, 2.05) is 13.8 Å². The fraction of sp³-hybridized carbons (Fsp3) is 0.611. The summed E-state index contributed by atoms with van der Waals surface area (Å²) in [5.41, 5.74) is 0.868. The van der Waals surface area contributed by atoms with Crippen molar-refractivity contribution in [3.05, 3.63) is 29.8 Å². The molecule has 0 aliphatic carbocycles. The molecule has 3 atom stereocenters. The maximum atomic E-state index is 13.2. The average Bonchev–Trinajstić information content (AvgIpc) is 2.79. The van der Waals surface area contributed by atoms with E-state index in [2.05, 4.69) is 26.6 Å². The lowest BCUT2D eigenvalue weighted by molar-refractivity contribution is -0.124. The van der Waals surface area contributed by atoms with Gasteiger partial charge in [0.15, 0.2) is 0 Å². The second-order valence-corrected chi connectivity index (χ2v) is 15.0. The summed E-state index contributed by atoms with van der Waals surface area (Å²) in [5.74, 6) is -0.0668. The molecule has 0 bridgehead atoms. The second-order valence-electron chi connectivity index (χ2n) is 7.84. The number of hydrogen-bond donors (Lipinski definition) is 0.